The summed E-state index contributed by atoms with van der Waals surface area (Å²) >= 11 is 0. The molecule has 0 aliphatic heterocycles. The molecule has 0 fully saturated rings. The molecule has 5 nitrogen and oxygen atoms in total. The summed E-state index contributed by atoms with van der Waals surface area (Å²) in [4.78, 5) is 10.5. The zero-order valence-corrected chi connectivity index (χ0v) is 18.0. The Kier molecular flexibility index (Phi) is 23.2. The van der Waals surface area contributed by atoms with Gasteiger partial charge in [0, 0.05) is 25.9 Å². The van der Waals surface area contributed by atoms with Gasteiger partial charge in [-0.05, 0) is 38.3 Å². The zero-order valence-electron chi connectivity index (χ0n) is 15.5. The molecule has 138 valence electrons. The number of hydrogen-bond acceptors (Lipinski definition) is 5. The first-order valence-corrected chi connectivity index (χ1v) is 12.1. The van der Waals surface area contributed by atoms with E-state index in [-0.39, 0.29) is 15.7 Å². The minimum absolute atomic E-state index is 0.340. The number of ether oxygens (including phenoxy) is 1. The lowest BCUT2D eigenvalue weighted by atomic mass is 10.5. The predicted octanol–water partition coefficient (Wildman–Crippen LogP) is 2.72. The fraction of sp³-hybridized carbons (Fsp3) is 0.812. The smallest absolute Gasteiger partial charge is 0.330 e. The van der Waals surface area contributed by atoms with Gasteiger partial charge in [0.2, 0.25) is 0 Å². The Bertz CT molecular complexity index is 257. The number of esters is 1. The normalized spacial score (nSPS) is 10.7. The van der Waals surface area contributed by atoms with E-state index in [2.05, 4.69) is 27.4 Å². The largest absolute Gasteiger partial charge is 0.463 e. The highest BCUT2D eigenvalue weighted by molar-refractivity contribution is 6.44. The summed E-state index contributed by atoms with van der Waals surface area (Å²) in [6.07, 6.45) is 4.28. The van der Waals surface area contributed by atoms with Crippen LogP contribution >= 0.6 is 0 Å². The molecular weight excluding hydrogens is 328 g/mol. The van der Waals surface area contributed by atoms with Gasteiger partial charge in [0.15, 0.2) is 9.76 Å². The third-order valence-electron chi connectivity index (χ3n) is 2.65. The first-order valence-electron chi connectivity index (χ1n) is 8.76. The first kappa shape index (κ1) is 24.8. The third-order valence-corrected chi connectivity index (χ3v) is 6.01. The number of carbonyl (C=O) groups is 1. The Hall–Kier alpha value is -0.476. The van der Waals surface area contributed by atoms with E-state index in [1.165, 1.54) is 6.08 Å². The Labute approximate surface area is 146 Å². The number of hydrogen-bond donors (Lipinski definition) is 0. The summed E-state index contributed by atoms with van der Waals surface area (Å²) in [5.41, 5.74) is 0. The highest BCUT2D eigenvalue weighted by Crippen LogP contribution is 1.98. The van der Waals surface area contributed by atoms with Crippen molar-refractivity contribution in [3.05, 3.63) is 12.7 Å². The van der Waals surface area contributed by atoms with Gasteiger partial charge in [-0.15, -0.1) is 0 Å². The molecule has 0 aliphatic rings. The first-order chi connectivity index (χ1) is 11.2. The van der Waals surface area contributed by atoms with Crippen LogP contribution in [0.4, 0.5) is 0 Å². The highest BCUT2D eigenvalue weighted by atomic mass is 28.3. The van der Waals surface area contributed by atoms with Crippen molar-refractivity contribution in [3.8, 4) is 0 Å². The van der Waals surface area contributed by atoms with E-state index < -0.39 is 9.28 Å². The van der Waals surface area contributed by atoms with Gasteiger partial charge in [-0.3, -0.25) is 0 Å². The second-order valence-electron chi connectivity index (χ2n) is 4.86. The molecule has 0 aliphatic carbocycles. The quantitative estimate of drug-likeness (QED) is 0.205. The van der Waals surface area contributed by atoms with E-state index >= 15 is 0 Å². The summed E-state index contributed by atoms with van der Waals surface area (Å²) in [5, 5.41) is 0. The monoisotopic (exact) mass is 364 g/mol. The van der Waals surface area contributed by atoms with E-state index in [1.54, 1.807) is 0 Å². The minimum atomic E-state index is -1.25. The lowest BCUT2D eigenvalue weighted by Crippen LogP contribution is -2.22. The topological polar surface area (TPSA) is 54.0 Å². The van der Waals surface area contributed by atoms with E-state index in [1.807, 2.05) is 6.92 Å². The van der Waals surface area contributed by atoms with E-state index in [0.29, 0.717) is 6.61 Å². The third kappa shape index (κ3) is 21.5. The van der Waals surface area contributed by atoms with Crippen LogP contribution in [0.5, 0.6) is 0 Å². The average Bonchev–Trinajstić information content (AvgIpc) is 2.58. The van der Waals surface area contributed by atoms with Gasteiger partial charge in [-0.25, -0.2) is 4.79 Å². The lowest BCUT2D eigenvalue weighted by Gasteiger charge is -2.13. The maximum absolute atomic E-state index is 10.5. The van der Waals surface area contributed by atoms with Crippen LogP contribution in [0.15, 0.2) is 12.7 Å². The summed E-state index contributed by atoms with van der Waals surface area (Å²) in [6.45, 7) is 14.7. The molecule has 23 heavy (non-hydrogen) atoms. The SMILES string of the molecule is C=CC(=O)OCCC[SiH2]OCC.CCCO[SiH](CC)OCCC. The molecule has 0 bridgehead atoms. The number of carbonyl (C=O) groups excluding carboxylic acids is 1. The van der Waals surface area contributed by atoms with Crippen LogP contribution in [0.1, 0.15) is 47.0 Å². The maximum atomic E-state index is 10.5. The molecule has 0 aromatic heterocycles. The van der Waals surface area contributed by atoms with Crippen LogP contribution in [-0.2, 0) is 22.8 Å². The molecule has 0 rings (SSSR count). The van der Waals surface area contributed by atoms with Crippen molar-refractivity contribution in [2.24, 2.45) is 0 Å². The van der Waals surface area contributed by atoms with Gasteiger partial charge in [0.05, 0.1) is 6.61 Å². The van der Waals surface area contributed by atoms with E-state index in [4.69, 9.17) is 18.0 Å². The Balaban J connectivity index is 0. The second-order valence-corrected chi connectivity index (χ2v) is 8.72. The molecule has 0 saturated heterocycles. The minimum Gasteiger partial charge on any atom is -0.463 e. The summed E-state index contributed by atoms with van der Waals surface area (Å²) in [7, 11) is -1.61. The van der Waals surface area contributed by atoms with Crippen LogP contribution < -0.4 is 0 Å². The average molecular weight is 365 g/mol. The van der Waals surface area contributed by atoms with Crippen LogP contribution in [0.25, 0.3) is 0 Å². The predicted molar refractivity (Wildman–Crippen MR) is 101 cm³/mol. The molecule has 0 N–H and O–H groups in total. The molecule has 0 aromatic rings. The summed E-state index contributed by atoms with van der Waals surface area (Å²) in [6, 6.07) is 2.15. The maximum Gasteiger partial charge on any atom is 0.330 e. The Morgan fingerprint density at radius 1 is 1.09 bits per heavy atom. The van der Waals surface area contributed by atoms with Crippen molar-refractivity contribution >= 4 is 25.0 Å². The number of rotatable bonds is 14. The summed E-state index contributed by atoms with van der Waals surface area (Å²) < 4.78 is 21.1. The van der Waals surface area contributed by atoms with Crippen molar-refractivity contribution in [2.75, 3.05) is 26.4 Å². The molecule has 0 radical (unpaired) electrons. The van der Waals surface area contributed by atoms with Crippen molar-refractivity contribution < 1.29 is 22.8 Å². The van der Waals surface area contributed by atoms with Crippen molar-refractivity contribution in [1.82, 2.24) is 0 Å². The van der Waals surface area contributed by atoms with Crippen LogP contribution in [0.2, 0.25) is 12.1 Å². The highest BCUT2D eigenvalue weighted by Gasteiger charge is 2.08. The van der Waals surface area contributed by atoms with Crippen LogP contribution in [0.3, 0.4) is 0 Å². The Morgan fingerprint density at radius 3 is 2.13 bits per heavy atom. The van der Waals surface area contributed by atoms with Gasteiger partial charge >= 0.3 is 15.3 Å². The van der Waals surface area contributed by atoms with E-state index in [9.17, 15) is 4.79 Å². The Morgan fingerprint density at radius 2 is 1.70 bits per heavy atom. The molecular formula is C16H36O5Si2. The van der Waals surface area contributed by atoms with E-state index in [0.717, 1.165) is 51.2 Å². The molecule has 0 unspecified atom stereocenters. The van der Waals surface area contributed by atoms with Gasteiger partial charge in [0.1, 0.15) is 0 Å². The van der Waals surface area contributed by atoms with Crippen molar-refractivity contribution in [3.63, 3.8) is 0 Å². The lowest BCUT2D eigenvalue weighted by molar-refractivity contribution is -0.137. The molecule has 0 amide bonds. The summed E-state index contributed by atoms with van der Waals surface area (Å²) in [5.74, 6) is -0.340. The van der Waals surface area contributed by atoms with Gasteiger partial charge in [-0.2, -0.15) is 0 Å². The standard InChI is InChI=1S/C8H16O3Si.C8H20O2Si/c1-3-8(9)10-6-5-7-12-11-4-2;1-4-7-9-11(6-3)10-8-5-2/h3H,1,4-7,12H2,2H3;11H,4-8H2,1-3H3. The van der Waals surface area contributed by atoms with Crippen molar-refractivity contribution in [2.45, 2.75) is 59.0 Å². The fourth-order valence-corrected chi connectivity index (χ4v) is 3.93. The second kappa shape index (κ2) is 21.5. The fourth-order valence-electron chi connectivity index (χ4n) is 1.46. The van der Waals surface area contributed by atoms with Crippen LogP contribution in [0, 0.1) is 0 Å². The molecule has 7 heteroatoms. The van der Waals surface area contributed by atoms with Gasteiger partial charge < -0.3 is 18.0 Å². The molecule has 0 atom stereocenters. The molecule has 0 spiro atoms. The molecule has 0 aromatic carbocycles. The van der Waals surface area contributed by atoms with Gasteiger partial charge in [0.25, 0.3) is 0 Å². The van der Waals surface area contributed by atoms with Crippen LogP contribution in [-0.4, -0.2) is 51.4 Å². The van der Waals surface area contributed by atoms with Gasteiger partial charge in [-0.1, -0.05) is 27.4 Å². The zero-order chi connectivity index (χ0) is 17.8. The molecule has 0 saturated carbocycles. The van der Waals surface area contributed by atoms with Crippen molar-refractivity contribution in [1.29, 1.82) is 0 Å². The molecule has 0 heterocycles.